The molecule has 16 aromatic carbocycles. The molecule has 0 unspecified atom stereocenters. The van der Waals surface area contributed by atoms with E-state index in [1.165, 1.54) is 93.8 Å². The molecule has 0 saturated carbocycles. The van der Waals surface area contributed by atoms with Crippen molar-refractivity contribution in [1.29, 1.82) is 0 Å². The zero-order valence-corrected chi connectivity index (χ0v) is 56.2. The molecule has 5 nitrogen and oxygen atoms in total. The van der Waals surface area contributed by atoms with Crippen molar-refractivity contribution in [2.45, 2.75) is 5.41 Å². The summed E-state index contributed by atoms with van der Waals surface area (Å²) >= 11 is 0. The van der Waals surface area contributed by atoms with Crippen molar-refractivity contribution in [2.24, 2.45) is 0 Å². The molecule has 2 aliphatic carbocycles. The average Bonchev–Trinajstić information content (AvgIpc) is 1.50. The molecule has 5 heteroatoms. The minimum atomic E-state index is -0.380. The predicted octanol–water partition coefficient (Wildman–Crippen LogP) is 26.4. The first-order valence-electron chi connectivity index (χ1n) is 35.7. The predicted molar refractivity (Wildman–Crippen MR) is 431 cm³/mol. The van der Waals surface area contributed by atoms with E-state index in [1.54, 1.807) is 0 Å². The Morgan fingerprint density at radius 1 is 0.231 bits per heavy atom. The monoisotopic (exact) mass is 1320 g/mol. The first-order chi connectivity index (χ1) is 51.6. The molecule has 0 atom stereocenters. The fraction of sp³-hybridized carbons (Fsp3) is 0.0101. The standard InChI is InChI=1S/C50H29NO.C49H30N2O/c1-2-13-30(14-3-1)49-38-27-28-45-48(37-18-7-11-24-44(37)52-45)47(38)36-26-25-31(29-43(36)51-49)32-19-12-23-42-46(32)35-17-6-10-22-41(35)50(42)39-20-8-4-15-33(39)34-16-5-9-21-40(34)50;1-3-11-33(12-4-1)49-41-27-28-46-48(40-16-8-10-18-45(40)52-46)47(41)39-26-24-34(29-42(39)50-49)31-19-21-32(22-20-31)35-23-25-38-37-15-7-9-17-43(37)51(44(38)30-35)36-13-5-2-6-14-36/h1-29H;1-30H. The van der Waals surface area contributed by atoms with Crippen molar-refractivity contribution in [2.75, 3.05) is 0 Å². The summed E-state index contributed by atoms with van der Waals surface area (Å²) in [5.74, 6) is 0. The fourth-order valence-corrected chi connectivity index (χ4v) is 17.8. The molecule has 2 aliphatic rings. The van der Waals surface area contributed by atoms with Gasteiger partial charge in [0.1, 0.15) is 22.3 Å². The van der Waals surface area contributed by atoms with Crippen LogP contribution in [-0.2, 0) is 5.41 Å². The van der Waals surface area contributed by atoms with Crippen LogP contribution in [0.25, 0.3) is 193 Å². The summed E-state index contributed by atoms with van der Waals surface area (Å²) in [5, 5.41) is 13.9. The molecule has 5 aromatic heterocycles. The van der Waals surface area contributed by atoms with Gasteiger partial charge in [-0.05, 0) is 151 Å². The van der Waals surface area contributed by atoms with Crippen LogP contribution < -0.4 is 0 Å². The van der Waals surface area contributed by atoms with Gasteiger partial charge in [-0.25, -0.2) is 9.97 Å². The molecule has 0 radical (unpaired) electrons. The Kier molecular flexibility index (Phi) is 12.6. The summed E-state index contributed by atoms with van der Waals surface area (Å²) < 4.78 is 15.1. The first-order valence-corrected chi connectivity index (χ1v) is 35.7. The molecule has 0 bridgehead atoms. The minimum Gasteiger partial charge on any atom is -0.456 e. The zero-order valence-electron chi connectivity index (χ0n) is 56.2. The third kappa shape index (κ3) is 8.50. The molecule has 0 aliphatic heterocycles. The van der Waals surface area contributed by atoms with Crippen LogP contribution in [0.5, 0.6) is 0 Å². The van der Waals surface area contributed by atoms with Crippen LogP contribution in [0.3, 0.4) is 0 Å². The van der Waals surface area contributed by atoms with Crippen LogP contribution >= 0.6 is 0 Å². The van der Waals surface area contributed by atoms with Crippen LogP contribution in [0.15, 0.2) is 367 Å². The van der Waals surface area contributed by atoms with Gasteiger partial charge in [0.15, 0.2) is 0 Å². The number of hydrogen-bond acceptors (Lipinski definition) is 4. The first kappa shape index (κ1) is 58.1. The summed E-state index contributed by atoms with van der Waals surface area (Å²) in [7, 11) is 0. The molecule has 23 rings (SSSR count). The lowest BCUT2D eigenvalue weighted by molar-refractivity contribution is 0.669. The summed E-state index contributed by atoms with van der Waals surface area (Å²) in [6, 6.07) is 129. The van der Waals surface area contributed by atoms with Gasteiger partial charge in [-0.15, -0.1) is 0 Å². The zero-order chi connectivity index (χ0) is 68.1. The normalized spacial score (nSPS) is 12.7. The Hall–Kier alpha value is -13.7. The Morgan fingerprint density at radius 2 is 0.635 bits per heavy atom. The van der Waals surface area contributed by atoms with Gasteiger partial charge in [0, 0.05) is 81.4 Å². The van der Waals surface area contributed by atoms with E-state index in [1.807, 2.05) is 18.2 Å². The smallest absolute Gasteiger partial charge is 0.136 e. The maximum atomic E-state index is 6.41. The highest BCUT2D eigenvalue weighted by Gasteiger charge is 2.52. The van der Waals surface area contributed by atoms with Crippen molar-refractivity contribution in [1.82, 2.24) is 14.5 Å². The van der Waals surface area contributed by atoms with E-state index >= 15 is 0 Å². The highest BCUT2D eigenvalue weighted by Crippen LogP contribution is 2.64. The Balaban J connectivity index is 0.000000131. The Morgan fingerprint density at radius 3 is 1.21 bits per heavy atom. The van der Waals surface area contributed by atoms with E-state index in [4.69, 9.17) is 18.8 Å². The van der Waals surface area contributed by atoms with E-state index in [9.17, 15) is 0 Å². The molecule has 1 spiro atoms. The van der Waals surface area contributed by atoms with Crippen LogP contribution in [0, 0.1) is 0 Å². The SMILES string of the molecule is c1ccc(-c2nc3cc(-c4ccc(-c5ccc6c7ccccc7n(-c7ccccc7)c6c5)cc4)ccc3c3c2ccc2oc4ccccc4c23)cc1.c1ccc(-c2nc3cc(-c4cccc5c4-c4ccccc4C54c5ccccc5-c5ccccc54)ccc3c3c2ccc2oc4ccccc4c23)cc1. The number of pyridine rings is 2. The van der Waals surface area contributed by atoms with E-state index in [0.717, 1.165) is 121 Å². The second-order valence-electron chi connectivity index (χ2n) is 27.6. The highest BCUT2D eigenvalue weighted by molar-refractivity contribution is 6.30. The molecule has 5 heterocycles. The lowest BCUT2D eigenvalue weighted by Gasteiger charge is -2.30. The maximum absolute atomic E-state index is 6.41. The van der Waals surface area contributed by atoms with Crippen LogP contribution in [0.4, 0.5) is 0 Å². The Bertz CT molecular complexity index is 7100. The number of fused-ring (bicyclic) bond motifs is 27. The van der Waals surface area contributed by atoms with Crippen LogP contribution in [0.2, 0.25) is 0 Å². The maximum Gasteiger partial charge on any atom is 0.136 e. The highest BCUT2D eigenvalue weighted by atomic mass is 16.3. The third-order valence-electron chi connectivity index (χ3n) is 22.3. The van der Waals surface area contributed by atoms with Gasteiger partial charge in [-0.1, -0.05) is 285 Å². The van der Waals surface area contributed by atoms with Gasteiger partial charge in [0.05, 0.1) is 38.9 Å². The van der Waals surface area contributed by atoms with E-state index < -0.39 is 0 Å². The average molecular weight is 1320 g/mol. The van der Waals surface area contributed by atoms with Crippen molar-refractivity contribution >= 4 is 109 Å². The largest absolute Gasteiger partial charge is 0.456 e. The number of benzene rings is 16. The second kappa shape index (κ2) is 22.6. The second-order valence-corrected chi connectivity index (χ2v) is 27.6. The number of para-hydroxylation sites is 4. The lowest BCUT2D eigenvalue weighted by Crippen LogP contribution is -2.25. The van der Waals surface area contributed by atoms with Gasteiger partial charge >= 0.3 is 0 Å². The van der Waals surface area contributed by atoms with Crippen LogP contribution in [-0.4, -0.2) is 14.5 Å². The summed E-state index contributed by atoms with van der Waals surface area (Å²) in [6.07, 6.45) is 0. The van der Waals surface area contributed by atoms with E-state index in [-0.39, 0.29) is 5.41 Å². The third-order valence-corrected chi connectivity index (χ3v) is 22.3. The molecule has 0 amide bonds. The number of rotatable bonds is 6. The van der Waals surface area contributed by atoms with Crippen molar-refractivity contribution in [3.8, 4) is 83.8 Å². The topological polar surface area (TPSA) is 57.0 Å². The Labute approximate surface area is 598 Å². The summed E-state index contributed by atoms with van der Waals surface area (Å²) in [4.78, 5) is 10.8. The van der Waals surface area contributed by atoms with Crippen molar-refractivity contribution in [3.05, 3.63) is 380 Å². The number of hydrogen-bond donors (Lipinski definition) is 0. The number of nitrogens with zero attached hydrogens (tertiary/aromatic N) is 3. The van der Waals surface area contributed by atoms with Crippen molar-refractivity contribution < 1.29 is 8.83 Å². The lowest BCUT2D eigenvalue weighted by atomic mass is 9.70. The van der Waals surface area contributed by atoms with Gasteiger partial charge in [-0.2, -0.15) is 0 Å². The van der Waals surface area contributed by atoms with Gasteiger partial charge in [-0.3, -0.25) is 0 Å². The molecular formula is C99H59N3O2. The molecule has 0 N–H and O–H groups in total. The van der Waals surface area contributed by atoms with Gasteiger partial charge in [0.2, 0.25) is 0 Å². The molecular weight excluding hydrogens is 1260 g/mol. The van der Waals surface area contributed by atoms with Crippen molar-refractivity contribution in [3.63, 3.8) is 0 Å². The van der Waals surface area contributed by atoms with E-state index in [2.05, 4.69) is 344 Å². The molecule has 21 aromatic rings. The number of furan rings is 2. The quantitative estimate of drug-likeness (QED) is 0.156. The molecule has 0 saturated heterocycles. The van der Waals surface area contributed by atoms with Gasteiger partial charge < -0.3 is 13.4 Å². The van der Waals surface area contributed by atoms with E-state index in [0.29, 0.717) is 0 Å². The summed E-state index contributed by atoms with van der Waals surface area (Å²) in [6.45, 7) is 0. The summed E-state index contributed by atoms with van der Waals surface area (Å²) in [5.41, 5.74) is 30.5. The fourth-order valence-electron chi connectivity index (χ4n) is 17.8. The minimum absolute atomic E-state index is 0.380. The molecule has 104 heavy (non-hydrogen) atoms. The van der Waals surface area contributed by atoms with Crippen LogP contribution in [0.1, 0.15) is 22.3 Å². The van der Waals surface area contributed by atoms with Gasteiger partial charge in [0.25, 0.3) is 0 Å². The molecule has 0 fully saturated rings. The molecule has 482 valence electrons. The number of aromatic nitrogens is 3.